The van der Waals surface area contributed by atoms with Gasteiger partial charge in [-0.1, -0.05) is 6.92 Å². The van der Waals surface area contributed by atoms with Gasteiger partial charge in [0.25, 0.3) is 0 Å². The van der Waals surface area contributed by atoms with E-state index >= 15 is 0 Å². The molecule has 0 spiro atoms. The van der Waals surface area contributed by atoms with Gasteiger partial charge in [0.05, 0.1) is 28.8 Å². The van der Waals surface area contributed by atoms with Crippen LogP contribution in [-0.4, -0.2) is 22.3 Å². The summed E-state index contributed by atoms with van der Waals surface area (Å²) in [6, 6.07) is 7.93. The first-order valence-electron chi connectivity index (χ1n) is 7.32. The van der Waals surface area contributed by atoms with Crippen molar-refractivity contribution in [3.63, 3.8) is 0 Å². The molecule has 2 aromatic rings. The van der Waals surface area contributed by atoms with Crippen molar-refractivity contribution in [2.75, 3.05) is 6.61 Å². The van der Waals surface area contributed by atoms with E-state index in [-0.39, 0.29) is 0 Å². The van der Waals surface area contributed by atoms with Crippen LogP contribution in [0.4, 0.5) is 0 Å². The van der Waals surface area contributed by atoms with Crippen molar-refractivity contribution in [1.29, 1.82) is 5.26 Å². The van der Waals surface area contributed by atoms with Gasteiger partial charge in [-0.3, -0.25) is 0 Å². The first-order valence-corrected chi connectivity index (χ1v) is 7.32. The summed E-state index contributed by atoms with van der Waals surface area (Å²) in [6.45, 7) is 4.01. The standard InChI is InChI=1S/C16H19N3O/c1-2-7-19-15-6-5-12(11-17)9-14(15)18-16(19)10-13-4-3-8-20-13/h5-6,9,13H,2-4,7-8,10H2,1H3. The summed E-state index contributed by atoms with van der Waals surface area (Å²) in [7, 11) is 0. The summed E-state index contributed by atoms with van der Waals surface area (Å²) in [4.78, 5) is 4.74. The van der Waals surface area contributed by atoms with E-state index in [0.717, 1.165) is 55.7 Å². The number of nitrogens with zero attached hydrogens (tertiary/aromatic N) is 3. The van der Waals surface area contributed by atoms with Gasteiger partial charge < -0.3 is 9.30 Å². The molecule has 20 heavy (non-hydrogen) atoms. The van der Waals surface area contributed by atoms with Crippen molar-refractivity contribution in [2.24, 2.45) is 0 Å². The molecule has 0 bridgehead atoms. The number of aryl methyl sites for hydroxylation is 1. The molecule has 0 radical (unpaired) electrons. The predicted octanol–water partition coefficient (Wildman–Crippen LogP) is 3.04. The Kier molecular flexibility index (Phi) is 3.70. The number of hydrogen-bond donors (Lipinski definition) is 0. The molecular weight excluding hydrogens is 250 g/mol. The summed E-state index contributed by atoms with van der Waals surface area (Å²) < 4.78 is 8.00. The number of ether oxygens (including phenoxy) is 1. The molecular formula is C16H19N3O. The van der Waals surface area contributed by atoms with Crippen molar-refractivity contribution in [3.05, 3.63) is 29.6 Å². The second kappa shape index (κ2) is 5.64. The molecule has 4 nitrogen and oxygen atoms in total. The van der Waals surface area contributed by atoms with Crippen molar-refractivity contribution < 1.29 is 4.74 Å². The van der Waals surface area contributed by atoms with E-state index in [1.54, 1.807) is 0 Å². The maximum absolute atomic E-state index is 9.00. The van der Waals surface area contributed by atoms with Crippen LogP contribution in [0, 0.1) is 11.3 Å². The van der Waals surface area contributed by atoms with Gasteiger partial charge in [-0.05, 0) is 37.5 Å². The number of imidazole rings is 1. The van der Waals surface area contributed by atoms with Crippen LogP contribution in [0.5, 0.6) is 0 Å². The number of fused-ring (bicyclic) bond motifs is 1. The van der Waals surface area contributed by atoms with Gasteiger partial charge in [-0.2, -0.15) is 5.26 Å². The van der Waals surface area contributed by atoms with E-state index in [1.807, 2.05) is 18.2 Å². The lowest BCUT2D eigenvalue weighted by molar-refractivity contribution is 0.109. The van der Waals surface area contributed by atoms with Gasteiger partial charge in [0.15, 0.2) is 0 Å². The smallest absolute Gasteiger partial charge is 0.112 e. The fourth-order valence-electron chi connectivity index (χ4n) is 2.89. The minimum absolute atomic E-state index is 0.304. The highest BCUT2D eigenvalue weighted by atomic mass is 16.5. The Morgan fingerprint density at radius 3 is 3.10 bits per heavy atom. The fourth-order valence-corrected chi connectivity index (χ4v) is 2.89. The van der Waals surface area contributed by atoms with Crippen molar-refractivity contribution in [1.82, 2.24) is 9.55 Å². The molecule has 1 unspecified atom stereocenters. The Bertz CT molecular complexity index is 648. The Labute approximate surface area is 119 Å². The molecule has 0 aliphatic carbocycles. The Morgan fingerprint density at radius 2 is 2.40 bits per heavy atom. The van der Waals surface area contributed by atoms with E-state index in [1.165, 1.54) is 0 Å². The summed E-state index contributed by atoms with van der Waals surface area (Å²) in [5.41, 5.74) is 2.71. The van der Waals surface area contributed by atoms with E-state index in [0.29, 0.717) is 11.7 Å². The van der Waals surface area contributed by atoms with Gasteiger partial charge in [0.2, 0.25) is 0 Å². The lowest BCUT2D eigenvalue weighted by atomic mass is 10.2. The van der Waals surface area contributed by atoms with Gasteiger partial charge in [-0.25, -0.2) is 4.98 Å². The zero-order chi connectivity index (χ0) is 13.9. The van der Waals surface area contributed by atoms with Crippen molar-refractivity contribution >= 4 is 11.0 Å². The number of rotatable bonds is 4. The number of nitriles is 1. The van der Waals surface area contributed by atoms with Crippen LogP contribution >= 0.6 is 0 Å². The van der Waals surface area contributed by atoms with Crippen LogP contribution in [0.3, 0.4) is 0 Å². The highest BCUT2D eigenvalue weighted by Crippen LogP contribution is 2.22. The first-order chi connectivity index (χ1) is 9.81. The maximum atomic E-state index is 9.00. The minimum Gasteiger partial charge on any atom is -0.378 e. The molecule has 1 aliphatic rings. The summed E-state index contributed by atoms with van der Waals surface area (Å²) in [6.07, 6.45) is 4.52. The van der Waals surface area contributed by atoms with E-state index in [2.05, 4.69) is 17.6 Å². The normalized spacial score (nSPS) is 18.5. The molecule has 0 N–H and O–H groups in total. The Hall–Kier alpha value is -1.86. The fraction of sp³-hybridized carbons (Fsp3) is 0.500. The second-order valence-corrected chi connectivity index (χ2v) is 5.33. The summed E-state index contributed by atoms with van der Waals surface area (Å²) in [5, 5.41) is 9.00. The minimum atomic E-state index is 0.304. The average molecular weight is 269 g/mol. The molecule has 0 amide bonds. The van der Waals surface area contributed by atoms with Crippen LogP contribution in [0.15, 0.2) is 18.2 Å². The zero-order valence-electron chi connectivity index (χ0n) is 11.8. The predicted molar refractivity (Wildman–Crippen MR) is 77.4 cm³/mol. The molecule has 1 fully saturated rings. The third-order valence-electron chi connectivity index (χ3n) is 3.84. The second-order valence-electron chi connectivity index (χ2n) is 5.33. The average Bonchev–Trinajstić information content (AvgIpc) is 3.08. The first kappa shape index (κ1) is 13.1. The Balaban J connectivity index is 2.00. The van der Waals surface area contributed by atoms with Crippen molar-refractivity contribution in [2.45, 2.75) is 45.3 Å². The summed E-state index contributed by atoms with van der Waals surface area (Å²) in [5.74, 6) is 1.09. The van der Waals surface area contributed by atoms with Gasteiger partial charge in [-0.15, -0.1) is 0 Å². The molecule has 104 valence electrons. The van der Waals surface area contributed by atoms with Gasteiger partial charge >= 0.3 is 0 Å². The summed E-state index contributed by atoms with van der Waals surface area (Å²) >= 11 is 0. The largest absolute Gasteiger partial charge is 0.378 e. The number of benzene rings is 1. The molecule has 4 heteroatoms. The van der Waals surface area contributed by atoms with E-state index < -0.39 is 0 Å². The quantitative estimate of drug-likeness (QED) is 0.857. The van der Waals surface area contributed by atoms with Gasteiger partial charge in [0, 0.05) is 19.6 Å². The van der Waals surface area contributed by atoms with Gasteiger partial charge in [0.1, 0.15) is 5.82 Å². The van der Waals surface area contributed by atoms with E-state index in [9.17, 15) is 0 Å². The van der Waals surface area contributed by atoms with Crippen LogP contribution in [0.25, 0.3) is 11.0 Å². The van der Waals surface area contributed by atoms with Crippen LogP contribution < -0.4 is 0 Å². The van der Waals surface area contributed by atoms with Crippen molar-refractivity contribution in [3.8, 4) is 6.07 Å². The lowest BCUT2D eigenvalue weighted by Crippen LogP contribution is -2.14. The van der Waals surface area contributed by atoms with Crippen LogP contribution in [0.1, 0.15) is 37.6 Å². The maximum Gasteiger partial charge on any atom is 0.112 e. The lowest BCUT2D eigenvalue weighted by Gasteiger charge is -2.11. The third-order valence-corrected chi connectivity index (χ3v) is 3.84. The molecule has 1 aliphatic heterocycles. The zero-order valence-corrected chi connectivity index (χ0v) is 11.8. The number of hydrogen-bond acceptors (Lipinski definition) is 3. The monoisotopic (exact) mass is 269 g/mol. The highest BCUT2D eigenvalue weighted by Gasteiger charge is 2.20. The Morgan fingerprint density at radius 1 is 1.50 bits per heavy atom. The molecule has 3 rings (SSSR count). The molecule has 0 saturated carbocycles. The number of aromatic nitrogens is 2. The molecule has 1 aromatic carbocycles. The molecule has 1 saturated heterocycles. The molecule has 1 atom stereocenters. The molecule has 2 heterocycles. The van der Waals surface area contributed by atoms with Crippen LogP contribution in [0.2, 0.25) is 0 Å². The van der Waals surface area contributed by atoms with Crippen LogP contribution in [-0.2, 0) is 17.7 Å². The molecule has 1 aromatic heterocycles. The SMILES string of the molecule is CCCn1c(CC2CCCO2)nc2cc(C#N)ccc21. The topological polar surface area (TPSA) is 50.8 Å². The van der Waals surface area contributed by atoms with E-state index in [4.69, 9.17) is 15.0 Å². The highest BCUT2D eigenvalue weighted by molar-refractivity contribution is 5.77. The third kappa shape index (κ3) is 2.41.